The monoisotopic (exact) mass is 282 g/mol. The standard InChI is InChI=1S/C19H22O2/c1-4-14-10-11-15(5-2)17(12-14)18(20)13-16-8-6-7-9-19(16)21-3/h6-12H,4-5,13H2,1-3H3. The number of Topliss-reactive ketones (excluding diaryl/α,β-unsaturated/α-hetero) is 1. The van der Waals surface area contributed by atoms with E-state index in [1.165, 1.54) is 5.56 Å². The summed E-state index contributed by atoms with van der Waals surface area (Å²) in [5.41, 5.74) is 4.11. The second kappa shape index (κ2) is 7.07. The van der Waals surface area contributed by atoms with Gasteiger partial charge in [-0.25, -0.2) is 0 Å². The van der Waals surface area contributed by atoms with Crippen LogP contribution in [0.5, 0.6) is 5.75 Å². The van der Waals surface area contributed by atoms with Crippen LogP contribution in [-0.4, -0.2) is 12.9 Å². The molecule has 2 nitrogen and oxygen atoms in total. The molecule has 2 heteroatoms. The smallest absolute Gasteiger partial charge is 0.167 e. The van der Waals surface area contributed by atoms with Crippen molar-refractivity contribution in [2.45, 2.75) is 33.1 Å². The van der Waals surface area contributed by atoms with E-state index in [0.717, 1.165) is 35.3 Å². The first-order chi connectivity index (χ1) is 10.2. The molecular formula is C19H22O2. The van der Waals surface area contributed by atoms with Gasteiger partial charge in [0.25, 0.3) is 0 Å². The molecule has 0 heterocycles. The molecule has 0 amide bonds. The average molecular weight is 282 g/mol. The summed E-state index contributed by atoms with van der Waals surface area (Å²) in [6, 6.07) is 13.9. The maximum atomic E-state index is 12.7. The third kappa shape index (κ3) is 3.52. The molecule has 2 rings (SSSR count). The molecule has 110 valence electrons. The minimum absolute atomic E-state index is 0.159. The van der Waals surface area contributed by atoms with E-state index in [-0.39, 0.29) is 5.78 Å². The molecule has 0 N–H and O–H groups in total. The van der Waals surface area contributed by atoms with Crippen molar-refractivity contribution in [2.75, 3.05) is 7.11 Å². The van der Waals surface area contributed by atoms with Gasteiger partial charge in [-0.3, -0.25) is 4.79 Å². The Hall–Kier alpha value is -2.09. The highest BCUT2D eigenvalue weighted by atomic mass is 16.5. The van der Waals surface area contributed by atoms with Gasteiger partial charge in [0, 0.05) is 17.5 Å². The molecule has 0 aliphatic rings. The lowest BCUT2D eigenvalue weighted by molar-refractivity contribution is 0.0991. The van der Waals surface area contributed by atoms with Gasteiger partial charge in [-0.2, -0.15) is 0 Å². The van der Waals surface area contributed by atoms with Crippen LogP contribution in [0.15, 0.2) is 42.5 Å². The molecule has 2 aromatic carbocycles. The van der Waals surface area contributed by atoms with Crippen LogP contribution in [0, 0.1) is 0 Å². The topological polar surface area (TPSA) is 26.3 Å². The first-order valence-electron chi connectivity index (χ1n) is 7.46. The zero-order valence-corrected chi connectivity index (χ0v) is 13.0. The quantitative estimate of drug-likeness (QED) is 0.741. The summed E-state index contributed by atoms with van der Waals surface area (Å²) >= 11 is 0. The summed E-state index contributed by atoms with van der Waals surface area (Å²) in [6.07, 6.45) is 2.19. The van der Waals surface area contributed by atoms with E-state index in [0.29, 0.717) is 6.42 Å². The van der Waals surface area contributed by atoms with Crippen molar-refractivity contribution in [1.29, 1.82) is 0 Å². The Morgan fingerprint density at radius 3 is 2.43 bits per heavy atom. The van der Waals surface area contributed by atoms with Crippen molar-refractivity contribution in [3.63, 3.8) is 0 Å². The van der Waals surface area contributed by atoms with Crippen LogP contribution in [-0.2, 0) is 19.3 Å². The SMILES string of the molecule is CCc1ccc(CC)c(C(=O)Cc2ccccc2OC)c1. The average Bonchev–Trinajstić information content (AvgIpc) is 2.54. The number of para-hydroxylation sites is 1. The van der Waals surface area contributed by atoms with Crippen molar-refractivity contribution in [3.05, 3.63) is 64.7 Å². The summed E-state index contributed by atoms with van der Waals surface area (Å²) in [4.78, 5) is 12.7. The van der Waals surface area contributed by atoms with Gasteiger partial charge in [-0.05, 0) is 36.1 Å². The zero-order chi connectivity index (χ0) is 15.2. The molecule has 0 radical (unpaired) electrons. The van der Waals surface area contributed by atoms with E-state index in [9.17, 15) is 4.79 Å². The number of hydrogen-bond donors (Lipinski definition) is 0. The van der Waals surface area contributed by atoms with Gasteiger partial charge in [0.15, 0.2) is 5.78 Å². The fourth-order valence-electron chi connectivity index (χ4n) is 2.53. The Morgan fingerprint density at radius 2 is 1.76 bits per heavy atom. The van der Waals surface area contributed by atoms with Gasteiger partial charge in [0.1, 0.15) is 5.75 Å². The van der Waals surface area contributed by atoms with Crippen LogP contribution in [0.3, 0.4) is 0 Å². The van der Waals surface area contributed by atoms with Crippen molar-refractivity contribution in [1.82, 2.24) is 0 Å². The fraction of sp³-hybridized carbons (Fsp3) is 0.316. The van der Waals surface area contributed by atoms with Gasteiger partial charge in [-0.15, -0.1) is 0 Å². The summed E-state index contributed by atoms with van der Waals surface area (Å²) < 4.78 is 5.33. The van der Waals surface area contributed by atoms with E-state index < -0.39 is 0 Å². The zero-order valence-electron chi connectivity index (χ0n) is 13.0. The highest BCUT2D eigenvalue weighted by Gasteiger charge is 2.14. The first kappa shape index (κ1) is 15.3. The predicted octanol–water partition coefficient (Wildman–Crippen LogP) is 4.25. The lowest BCUT2D eigenvalue weighted by Crippen LogP contribution is -2.08. The number of rotatable bonds is 6. The number of ether oxygens (including phenoxy) is 1. The summed E-state index contributed by atoms with van der Waals surface area (Å²) in [7, 11) is 1.64. The Kier molecular flexibility index (Phi) is 5.15. The van der Waals surface area contributed by atoms with E-state index in [1.807, 2.05) is 30.3 Å². The molecule has 2 aromatic rings. The molecule has 0 saturated carbocycles. The number of carbonyl (C=O) groups is 1. The van der Waals surface area contributed by atoms with Crippen molar-refractivity contribution in [2.24, 2.45) is 0 Å². The molecule has 0 atom stereocenters. The van der Waals surface area contributed by atoms with Crippen molar-refractivity contribution >= 4 is 5.78 Å². The molecule has 0 spiro atoms. The summed E-state index contributed by atoms with van der Waals surface area (Å²) in [6.45, 7) is 4.19. The molecule has 0 bridgehead atoms. The fourth-order valence-corrected chi connectivity index (χ4v) is 2.53. The maximum absolute atomic E-state index is 12.7. The second-order valence-electron chi connectivity index (χ2n) is 5.11. The Labute approximate surface area is 126 Å². The first-order valence-corrected chi connectivity index (χ1v) is 7.46. The highest BCUT2D eigenvalue weighted by Crippen LogP contribution is 2.21. The molecule has 0 unspecified atom stereocenters. The van der Waals surface area contributed by atoms with E-state index in [2.05, 4.69) is 26.0 Å². The minimum atomic E-state index is 0.159. The molecule has 0 aliphatic carbocycles. The van der Waals surface area contributed by atoms with Crippen LogP contribution in [0.1, 0.15) is 40.9 Å². The van der Waals surface area contributed by atoms with E-state index in [1.54, 1.807) is 7.11 Å². The number of benzene rings is 2. The molecule has 0 fully saturated rings. The van der Waals surface area contributed by atoms with Gasteiger partial charge >= 0.3 is 0 Å². The third-order valence-corrected chi connectivity index (χ3v) is 3.81. The minimum Gasteiger partial charge on any atom is -0.496 e. The van der Waals surface area contributed by atoms with Gasteiger partial charge in [-0.1, -0.05) is 44.2 Å². The predicted molar refractivity (Wildman–Crippen MR) is 86.2 cm³/mol. The normalized spacial score (nSPS) is 10.4. The maximum Gasteiger partial charge on any atom is 0.167 e. The highest BCUT2D eigenvalue weighted by molar-refractivity contribution is 5.99. The van der Waals surface area contributed by atoms with Crippen LogP contribution < -0.4 is 4.74 Å². The van der Waals surface area contributed by atoms with Crippen LogP contribution in [0.4, 0.5) is 0 Å². The molecule has 0 aliphatic heterocycles. The van der Waals surface area contributed by atoms with E-state index >= 15 is 0 Å². The largest absolute Gasteiger partial charge is 0.496 e. The molecular weight excluding hydrogens is 260 g/mol. The van der Waals surface area contributed by atoms with Crippen molar-refractivity contribution in [3.8, 4) is 5.75 Å². The number of methoxy groups -OCH3 is 1. The van der Waals surface area contributed by atoms with Crippen LogP contribution >= 0.6 is 0 Å². The molecule has 0 aromatic heterocycles. The van der Waals surface area contributed by atoms with E-state index in [4.69, 9.17) is 4.74 Å². The number of ketones is 1. The van der Waals surface area contributed by atoms with Gasteiger partial charge < -0.3 is 4.74 Å². The summed E-state index contributed by atoms with van der Waals surface area (Å²) in [5, 5.41) is 0. The lowest BCUT2D eigenvalue weighted by atomic mass is 9.94. The number of carbonyl (C=O) groups excluding carboxylic acids is 1. The molecule has 21 heavy (non-hydrogen) atoms. The van der Waals surface area contributed by atoms with Crippen LogP contribution in [0.2, 0.25) is 0 Å². The van der Waals surface area contributed by atoms with Gasteiger partial charge in [0.2, 0.25) is 0 Å². The summed E-state index contributed by atoms with van der Waals surface area (Å²) in [5.74, 6) is 0.933. The lowest BCUT2D eigenvalue weighted by Gasteiger charge is -2.11. The third-order valence-electron chi connectivity index (χ3n) is 3.81. The Bertz CT molecular complexity index is 629. The number of aryl methyl sites for hydroxylation is 2. The Balaban J connectivity index is 2.31. The van der Waals surface area contributed by atoms with Crippen LogP contribution in [0.25, 0.3) is 0 Å². The number of hydrogen-bond acceptors (Lipinski definition) is 2. The second-order valence-corrected chi connectivity index (χ2v) is 5.11. The van der Waals surface area contributed by atoms with Crippen molar-refractivity contribution < 1.29 is 9.53 Å². The van der Waals surface area contributed by atoms with Gasteiger partial charge in [0.05, 0.1) is 7.11 Å². The molecule has 0 saturated heterocycles. The Morgan fingerprint density at radius 1 is 1.00 bits per heavy atom.